The van der Waals surface area contributed by atoms with Crippen molar-refractivity contribution < 1.29 is 20.1 Å². The number of benzene rings is 3. The highest BCUT2D eigenvalue weighted by Gasteiger charge is 2.03. The minimum atomic E-state index is -0.289. The summed E-state index contributed by atoms with van der Waals surface area (Å²) in [5.41, 5.74) is 2.49. The number of aromatic hydroxyl groups is 3. The molecule has 3 rings (SSSR count). The van der Waals surface area contributed by atoms with Crippen LogP contribution in [-0.2, 0) is 4.79 Å². The number of carbonyl (C=O) groups is 1. The van der Waals surface area contributed by atoms with E-state index >= 15 is 0 Å². The second-order valence-corrected chi connectivity index (χ2v) is 6.12. The van der Waals surface area contributed by atoms with Crippen LogP contribution < -0.4 is 5.32 Å². The monoisotopic (exact) mass is 373 g/mol. The molecule has 0 aliphatic heterocycles. The summed E-state index contributed by atoms with van der Waals surface area (Å²) in [4.78, 5) is 12.1. The summed E-state index contributed by atoms with van der Waals surface area (Å²) < 4.78 is 0. The van der Waals surface area contributed by atoms with Crippen LogP contribution in [-0.4, -0.2) is 21.2 Å². The van der Waals surface area contributed by atoms with Crippen molar-refractivity contribution >= 4 is 29.8 Å². The van der Waals surface area contributed by atoms with Crippen molar-refractivity contribution in [3.05, 3.63) is 89.5 Å². The van der Waals surface area contributed by atoms with Gasteiger partial charge in [0.25, 0.3) is 0 Å². The Morgan fingerprint density at radius 3 is 2.18 bits per heavy atom. The van der Waals surface area contributed by atoms with E-state index in [-0.39, 0.29) is 23.2 Å². The van der Waals surface area contributed by atoms with E-state index in [1.165, 1.54) is 30.3 Å². The molecule has 0 saturated heterocycles. The minimum absolute atomic E-state index is 0.0402. The van der Waals surface area contributed by atoms with Crippen molar-refractivity contribution in [1.29, 1.82) is 0 Å². The fourth-order valence-electron chi connectivity index (χ4n) is 2.59. The Hall–Kier alpha value is -3.99. The zero-order valence-corrected chi connectivity index (χ0v) is 14.9. The third-order valence-corrected chi connectivity index (χ3v) is 3.90. The first-order valence-corrected chi connectivity index (χ1v) is 8.58. The second kappa shape index (κ2) is 8.60. The van der Waals surface area contributed by atoms with Crippen LogP contribution in [0.25, 0.3) is 18.2 Å². The number of rotatable bonds is 5. The predicted octanol–water partition coefficient (Wildman–Crippen LogP) is 4.63. The first-order chi connectivity index (χ1) is 13.5. The molecule has 140 valence electrons. The number of anilines is 1. The number of amides is 1. The van der Waals surface area contributed by atoms with E-state index in [0.29, 0.717) is 16.8 Å². The molecule has 3 aromatic carbocycles. The fourth-order valence-corrected chi connectivity index (χ4v) is 2.59. The maximum Gasteiger partial charge on any atom is 0.248 e. The molecule has 4 N–H and O–H groups in total. The van der Waals surface area contributed by atoms with Crippen LogP contribution in [0.4, 0.5) is 5.69 Å². The zero-order valence-electron chi connectivity index (χ0n) is 14.9. The summed E-state index contributed by atoms with van der Waals surface area (Å²) in [5.74, 6) is -0.369. The van der Waals surface area contributed by atoms with Crippen LogP contribution in [0.1, 0.15) is 16.7 Å². The molecule has 5 heteroatoms. The van der Waals surface area contributed by atoms with Gasteiger partial charge in [-0.15, -0.1) is 0 Å². The SMILES string of the molecule is O=C(/C=C/c1ccccc1)Nc1ccc(O)c(/C=C/c2cc(O)cc(O)c2)c1. The normalized spacial score (nSPS) is 11.1. The molecule has 0 aliphatic carbocycles. The smallest absolute Gasteiger partial charge is 0.248 e. The van der Waals surface area contributed by atoms with Crippen molar-refractivity contribution in [1.82, 2.24) is 0 Å². The topological polar surface area (TPSA) is 89.8 Å². The van der Waals surface area contributed by atoms with E-state index in [4.69, 9.17) is 0 Å². The molecule has 0 aromatic heterocycles. The quantitative estimate of drug-likeness (QED) is 0.298. The number of hydrogen-bond donors (Lipinski definition) is 4. The maximum atomic E-state index is 12.1. The molecule has 0 saturated carbocycles. The number of nitrogens with one attached hydrogen (secondary N) is 1. The molecule has 0 unspecified atom stereocenters. The molecule has 5 nitrogen and oxygen atoms in total. The summed E-state index contributed by atoms with van der Waals surface area (Å²) in [5, 5.41) is 31.8. The zero-order chi connectivity index (χ0) is 19.9. The van der Waals surface area contributed by atoms with Gasteiger partial charge in [-0.05, 0) is 47.5 Å². The average Bonchev–Trinajstić information content (AvgIpc) is 2.67. The third kappa shape index (κ3) is 5.25. The number of hydrogen-bond acceptors (Lipinski definition) is 4. The molecule has 0 bridgehead atoms. The van der Waals surface area contributed by atoms with Gasteiger partial charge in [0.2, 0.25) is 5.91 Å². The molecular weight excluding hydrogens is 354 g/mol. The van der Waals surface area contributed by atoms with E-state index in [1.807, 2.05) is 30.3 Å². The summed E-state index contributed by atoms with van der Waals surface area (Å²) in [6, 6.07) is 18.4. The van der Waals surface area contributed by atoms with Gasteiger partial charge >= 0.3 is 0 Å². The second-order valence-electron chi connectivity index (χ2n) is 6.12. The minimum Gasteiger partial charge on any atom is -0.508 e. The average molecular weight is 373 g/mol. The van der Waals surface area contributed by atoms with Gasteiger partial charge in [0.1, 0.15) is 17.2 Å². The lowest BCUT2D eigenvalue weighted by Crippen LogP contribution is -2.07. The Bertz CT molecular complexity index is 1020. The number of phenolic OH excluding ortho intramolecular Hbond substituents is 3. The van der Waals surface area contributed by atoms with Crippen molar-refractivity contribution in [3.8, 4) is 17.2 Å². The molecule has 0 radical (unpaired) electrons. The van der Waals surface area contributed by atoms with Gasteiger partial charge in [-0.25, -0.2) is 0 Å². The lowest BCUT2D eigenvalue weighted by Gasteiger charge is -2.06. The Morgan fingerprint density at radius 2 is 1.46 bits per heavy atom. The summed E-state index contributed by atoms with van der Waals surface area (Å²) in [6.07, 6.45) is 6.41. The molecule has 1 amide bonds. The summed E-state index contributed by atoms with van der Waals surface area (Å²) in [6.45, 7) is 0. The highest BCUT2D eigenvalue weighted by molar-refractivity contribution is 6.02. The van der Waals surface area contributed by atoms with E-state index in [0.717, 1.165) is 5.56 Å². The summed E-state index contributed by atoms with van der Waals surface area (Å²) in [7, 11) is 0. The van der Waals surface area contributed by atoms with Crippen molar-refractivity contribution in [2.75, 3.05) is 5.32 Å². The Kier molecular flexibility index (Phi) is 5.77. The molecule has 0 heterocycles. The van der Waals surface area contributed by atoms with Gasteiger partial charge in [0.05, 0.1) is 0 Å². The van der Waals surface area contributed by atoms with Crippen molar-refractivity contribution in [3.63, 3.8) is 0 Å². The van der Waals surface area contributed by atoms with Crippen LogP contribution in [0.3, 0.4) is 0 Å². The van der Waals surface area contributed by atoms with Crippen molar-refractivity contribution in [2.45, 2.75) is 0 Å². The lowest BCUT2D eigenvalue weighted by atomic mass is 10.1. The van der Waals surface area contributed by atoms with Gasteiger partial charge in [-0.3, -0.25) is 4.79 Å². The third-order valence-electron chi connectivity index (χ3n) is 3.90. The highest BCUT2D eigenvalue weighted by Crippen LogP contribution is 2.26. The van der Waals surface area contributed by atoms with Gasteiger partial charge < -0.3 is 20.6 Å². The number of phenols is 3. The van der Waals surface area contributed by atoms with Crippen LogP contribution in [0, 0.1) is 0 Å². The van der Waals surface area contributed by atoms with E-state index in [1.54, 1.807) is 30.4 Å². The molecule has 3 aromatic rings. The predicted molar refractivity (Wildman–Crippen MR) is 111 cm³/mol. The van der Waals surface area contributed by atoms with Crippen LogP contribution in [0.15, 0.2) is 72.8 Å². The molecular formula is C23H19NO4. The Balaban J connectivity index is 1.73. The molecule has 0 atom stereocenters. The van der Waals surface area contributed by atoms with E-state index in [2.05, 4.69) is 5.32 Å². The van der Waals surface area contributed by atoms with Gasteiger partial charge in [-0.2, -0.15) is 0 Å². The molecule has 0 fully saturated rings. The first kappa shape index (κ1) is 18.8. The van der Waals surface area contributed by atoms with Gasteiger partial charge in [0, 0.05) is 23.4 Å². The first-order valence-electron chi connectivity index (χ1n) is 8.58. The van der Waals surface area contributed by atoms with Crippen LogP contribution >= 0.6 is 0 Å². The lowest BCUT2D eigenvalue weighted by molar-refractivity contribution is -0.111. The van der Waals surface area contributed by atoms with E-state index in [9.17, 15) is 20.1 Å². The largest absolute Gasteiger partial charge is 0.508 e. The van der Waals surface area contributed by atoms with Crippen LogP contribution in [0.5, 0.6) is 17.2 Å². The number of carbonyl (C=O) groups excluding carboxylic acids is 1. The summed E-state index contributed by atoms with van der Waals surface area (Å²) >= 11 is 0. The fraction of sp³-hybridized carbons (Fsp3) is 0. The van der Waals surface area contributed by atoms with Crippen molar-refractivity contribution in [2.24, 2.45) is 0 Å². The molecule has 28 heavy (non-hydrogen) atoms. The maximum absolute atomic E-state index is 12.1. The Labute approximate surface area is 162 Å². The molecule has 0 spiro atoms. The molecule has 0 aliphatic rings. The van der Waals surface area contributed by atoms with Gasteiger partial charge in [-0.1, -0.05) is 42.5 Å². The Morgan fingerprint density at radius 1 is 0.750 bits per heavy atom. The van der Waals surface area contributed by atoms with Crippen LogP contribution in [0.2, 0.25) is 0 Å². The van der Waals surface area contributed by atoms with E-state index < -0.39 is 0 Å². The standard InChI is InChI=1S/C23H19NO4/c25-20-12-17(13-21(26)15-20)6-8-18-14-19(9-10-22(18)27)24-23(28)11-7-16-4-2-1-3-5-16/h1-15,25-27H,(H,24,28)/b8-6+,11-7+. The highest BCUT2D eigenvalue weighted by atomic mass is 16.3. The van der Waals surface area contributed by atoms with Gasteiger partial charge in [0.15, 0.2) is 0 Å².